The number of nitrogens with one attached hydrogen (secondary N) is 1. The molecule has 1 atom stereocenters. The van der Waals surface area contributed by atoms with E-state index in [1.807, 2.05) is 18.2 Å². The summed E-state index contributed by atoms with van der Waals surface area (Å²) in [6.07, 6.45) is 3.38. The number of pyridine rings is 2. The SMILES string of the molecule is O=C(c1cc(=O)[nH]c2ccc(F)cc12)N1CCC[C@@H]1c1ccccn1. The first kappa shape index (κ1) is 15.5. The maximum Gasteiger partial charge on any atom is 0.255 e. The zero-order valence-electron chi connectivity index (χ0n) is 13.4. The Kier molecular flexibility index (Phi) is 3.80. The van der Waals surface area contributed by atoms with Gasteiger partial charge in [0.05, 0.1) is 17.3 Å². The second kappa shape index (κ2) is 6.12. The highest BCUT2D eigenvalue weighted by Crippen LogP contribution is 2.32. The number of fused-ring (bicyclic) bond motifs is 1. The third kappa shape index (κ3) is 2.80. The van der Waals surface area contributed by atoms with Crippen molar-refractivity contribution in [3.05, 3.63) is 76.1 Å². The molecule has 0 radical (unpaired) electrons. The molecule has 1 aliphatic rings. The van der Waals surface area contributed by atoms with E-state index in [2.05, 4.69) is 9.97 Å². The molecule has 3 heterocycles. The zero-order valence-corrected chi connectivity index (χ0v) is 13.4. The first-order valence-electron chi connectivity index (χ1n) is 8.18. The Morgan fingerprint density at radius 3 is 2.92 bits per heavy atom. The Morgan fingerprint density at radius 1 is 1.24 bits per heavy atom. The standard InChI is InChI=1S/C19H16FN3O2/c20-12-6-7-15-13(10-12)14(11-18(24)22-15)19(25)23-9-3-5-17(23)16-4-1-2-8-21-16/h1-2,4,6-8,10-11,17H,3,5,9H2,(H,22,24)/t17-/m1/s1. The van der Waals surface area contributed by atoms with Crippen molar-refractivity contribution in [3.63, 3.8) is 0 Å². The molecule has 1 N–H and O–H groups in total. The van der Waals surface area contributed by atoms with Gasteiger partial charge in [-0.15, -0.1) is 0 Å². The lowest BCUT2D eigenvalue weighted by molar-refractivity contribution is 0.0734. The molecule has 0 aliphatic carbocycles. The summed E-state index contributed by atoms with van der Waals surface area (Å²) in [6, 6.07) is 10.8. The first-order chi connectivity index (χ1) is 12.1. The minimum absolute atomic E-state index is 0.128. The van der Waals surface area contributed by atoms with Crippen molar-refractivity contribution in [1.82, 2.24) is 14.9 Å². The van der Waals surface area contributed by atoms with Crippen molar-refractivity contribution in [2.45, 2.75) is 18.9 Å². The zero-order chi connectivity index (χ0) is 17.4. The highest BCUT2D eigenvalue weighted by molar-refractivity contribution is 6.06. The van der Waals surface area contributed by atoms with Crippen LogP contribution >= 0.6 is 0 Å². The average molecular weight is 337 g/mol. The lowest BCUT2D eigenvalue weighted by Crippen LogP contribution is -2.32. The van der Waals surface area contributed by atoms with Crippen LogP contribution in [0.2, 0.25) is 0 Å². The Bertz CT molecular complexity index is 1000. The van der Waals surface area contributed by atoms with E-state index < -0.39 is 5.82 Å². The molecular formula is C19H16FN3O2. The normalized spacial score (nSPS) is 17.2. The van der Waals surface area contributed by atoms with Gasteiger partial charge in [0, 0.05) is 29.7 Å². The summed E-state index contributed by atoms with van der Waals surface area (Å²) in [7, 11) is 0. The van der Waals surface area contributed by atoms with Crippen molar-refractivity contribution in [2.24, 2.45) is 0 Å². The predicted molar refractivity (Wildman–Crippen MR) is 91.8 cm³/mol. The molecule has 0 saturated carbocycles. The maximum atomic E-state index is 13.7. The van der Waals surface area contributed by atoms with Crippen LogP contribution in [0, 0.1) is 5.82 Å². The number of likely N-dealkylation sites (tertiary alicyclic amines) is 1. The third-order valence-corrected chi connectivity index (χ3v) is 4.58. The molecule has 0 unspecified atom stereocenters. The fourth-order valence-electron chi connectivity index (χ4n) is 3.45. The van der Waals surface area contributed by atoms with Crippen molar-refractivity contribution in [2.75, 3.05) is 6.54 Å². The van der Waals surface area contributed by atoms with Gasteiger partial charge in [0.2, 0.25) is 5.56 Å². The summed E-state index contributed by atoms with van der Waals surface area (Å²) in [4.78, 5) is 33.8. The molecule has 3 aromatic rings. The van der Waals surface area contributed by atoms with Gasteiger partial charge < -0.3 is 9.88 Å². The number of hydrogen-bond donors (Lipinski definition) is 1. The molecule has 25 heavy (non-hydrogen) atoms. The van der Waals surface area contributed by atoms with E-state index >= 15 is 0 Å². The molecule has 6 heteroatoms. The van der Waals surface area contributed by atoms with Crippen LogP contribution in [0.5, 0.6) is 0 Å². The highest BCUT2D eigenvalue weighted by atomic mass is 19.1. The van der Waals surface area contributed by atoms with E-state index in [0.29, 0.717) is 17.4 Å². The van der Waals surface area contributed by atoms with E-state index in [4.69, 9.17) is 0 Å². The van der Waals surface area contributed by atoms with Gasteiger partial charge in [-0.1, -0.05) is 6.07 Å². The number of aromatic amines is 1. The molecular weight excluding hydrogens is 321 g/mol. The lowest BCUT2D eigenvalue weighted by Gasteiger charge is -2.24. The summed E-state index contributed by atoms with van der Waals surface area (Å²) < 4.78 is 13.7. The second-order valence-electron chi connectivity index (χ2n) is 6.15. The summed E-state index contributed by atoms with van der Waals surface area (Å²) >= 11 is 0. The van der Waals surface area contributed by atoms with Gasteiger partial charge in [-0.2, -0.15) is 0 Å². The minimum atomic E-state index is -0.448. The Hall–Kier alpha value is -3.02. The van der Waals surface area contributed by atoms with Crippen LogP contribution in [0.25, 0.3) is 10.9 Å². The average Bonchev–Trinajstić information content (AvgIpc) is 3.11. The van der Waals surface area contributed by atoms with Crippen molar-refractivity contribution >= 4 is 16.8 Å². The van der Waals surface area contributed by atoms with Gasteiger partial charge >= 0.3 is 0 Å². The van der Waals surface area contributed by atoms with Crippen molar-refractivity contribution < 1.29 is 9.18 Å². The predicted octanol–water partition coefficient (Wildman–Crippen LogP) is 3.04. The summed E-state index contributed by atoms with van der Waals surface area (Å²) in [5.41, 5.74) is 1.12. The second-order valence-corrected chi connectivity index (χ2v) is 6.15. The van der Waals surface area contributed by atoms with Crippen molar-refractivity contribution in [1.29, 1.82) is 0 Å². The molecule has 0 spiro atoms. The largest absolute Gasteiger partial charge is 0.330 e. The van der Waals surface area contributed by atoms with E-state index in [0.717, 1.165) is 18.5 Å². The molecule has 0 bridgehead atoms. The smallest absolute Gasteiger partial charge is 0.255 e. The third-order valence-electron chi connectivity index (χ3n) is 4.58. The number of H-pyrrole nitrogens is 1. The topological polar surface area (TPSA) is 66.1 Å². The molecule has 2 aromatic heterocycles. The summed E-state index contributed by atoms with van der Waals surface area (Å²) in [6.45, 7) is 0.587. The Balaban J connectivity index is 1.79. The molecule has 126 valence electrons. The number of aromatic nitrogens is 2. The van der Waals surface area contributed by atoms with E-state index in [1.54, 1.807) is 11.1 Å². The summed E-state index contributed by atoms with van der Waals surface area (Å²) in [5, 5.41) is 0.413. The van der Waals surface area contributed by atoms with Crippen LogP contribution in [0.4, 0.5) is 4.39 Å². The maximum absolute atomic E-state index is 13.7. The van der Waals surface area contributed by atoms with Gasteiger partial charge in [-0.25, -0.2) is 4.39 Å². The van der Waals surface area contributed by atoms with Crippen molar-refractivity contribution in [3.8, 4) is 0 Å². The van der Waals surface area contributed by atoms with Gasteiger partial charge in [0.25, 0.3) is 5.91 Å². The van der Waals surface area contributed by atoms with E-state index in [9.17, 15) is 14.0 Å². The van der Waals surface area contributed by atoms with Crippen LogP contribution < -0.4 is 5.56 Å². The van der Waals surface area contributed by atoms with E-state index in [1.165, 1.54) is 24.3 Å². The number of rotatable bonds is 2. The fourth-order valence-corrected chi connectivity index (χ4v) is 3.45. The molecule has 4 rings (SSSR count). The number of amides is 1. The number of halogens is 1. The number of carbonyl (C=O) groups is 1. The first-order valence-corrected chi connectivity index (χ1v) is 8.18. The lowest BCUT2D eigenvalue weighted by atomic mass is 10.1. The Labute approximate surface area is 143 Å². The number of benzene rings is 1. The molecule has 1 aliphatic heterocycles. The molecule has 1 amide bonds. The van der Waals surface area contributed by atoms with Gasteiger partial charge in [0.1, 0.15) is 5.82 Å². The van der Waals surface area contributed by atoms with Crippen LogP contribution in [0.1, 0.15) is 34.9 Å². The van der Waals surface area contributed by atoms with E-state index in [-0.39, 0.29) is 23.1 Å². The van der Waals surface area contributed by atoms with Gasteiger partial charge in [-0.05, 0) is 43.2 Å². The highest BCUT2D eigenvalue weighted by Gasteiger charge is 2.32. The molecule has 1 saturated heterocycles. The quantitative estimate of drug-likeness (QED) is 0.782. The Morgan fingerprint density at radius 2 is 2.12 bits per heavy atom. The molecule has 5 nitrogen and oxygen atoms in total. The van der Waals surface area contributed by atoms with Crippen LogP contribution in [-0.4, -0.2) is 27.3 Å². The number of nitrogens with zero attached hydrogens (tertiary/aromatic N) is 2. The molecule has 1 fully saturated rings. The monoisotopic (exact) mass is 337 g/mol. The number of hydrogen-bond acceptors (Lipinski definition) is 3. The fraction of sp³-hybridized carbons (Fsp3) is 0.211. The van der Waals surface area contributed by atoms with Gasteiger partial charge in [-0.3, -0.25) is 14.6 Å². The molecule has 1 aromatic carbocycles. The van der Waals surface area contributed by atoms with Crippen LogP contribution in [0.15, 0.2) is 53.5 Å². The van der Waals surface area contributed by atoms with Crippen LogP contribution in [0.3, 0.4) is 0 Å². The minimum Gasteiger partial charge on any atom is -0.330 e. The van der Waals surface area contributed by atoms with Gasteiger partial charge in [0.15, 0.2) is 0 Å². The van der Waals surface area contributed by atoms with Crippen LogP contribution in [-0.2, 0) is 0 Å². The summed E-state index contributed by atoms with van der Waals surface area (Å²) in [5.74, 6) is -0.717. The number of carbonyl (C=O) groups excluding carboxylic acids is 1.